The molecule has 0 aliphatic heterocycles. The normalized spacial score (nSPS) is 9.53. The third-order valence-electron chi connectivity index (χ3n) is 2.08. The lowest BCUT2D eigenvalue weighted by Gasteiger charge is -2.07. The first kappa shape index (κ1) is 13.4. The van der Waals surface area contributed by atoms with Crippen LogP contribution in [0.25, 0.3) is 0 Å². The highest BCUT2D eigenvalue weighted by molar-refractivity contribution is 7.80. The second kappa shape index (κ2) is 6.85. The van der Waals surface area contributed by atoms with Crippen LogP contribution in [0, 0.1) is 0 Å². The van der Waals surface area contributed by atoms with Gasteiger partial charge in [0.15, 0.2) is 5.11 Å². The van der Waals surface area contributed by atoms with E-state index in [1.54, 1.807) is 7.05 Å². The number of benzene rings is 1. The zero-order valence-corrected chi connectivity index (χ0v) is 10.8. The van der Waals surface area contributed by atoms with E-state index in [1.165, 1.54) is 0 Å². The largest absolute Gasteiger partial charge is 0.494 e. The highest BCUT2D eigenvalue weighted by atomic mass is 32.1. The molecule has 0 fully saturated rings. The van der Waals surface area contributed by atoms with E-state index in [4.69, 9.17) is 17.0 Å². The van der Waals surface area contributed by atoms with Crippen LogP contribution in [0.15, 0.2) is 24.3 Å². The van der Waals surface area contributed by atoms with E-state index in [2.05, 4.69) is 10.6 Å². The first-order chi connectivity index (χ1) is 8.15. The van der Waals surface area contributed by atoms with Crippen LogP contribution in [0.2, 0.25) is 0 Å². The van der Waals surface area contributed by atoms with Gasteiger partial charge in [0.05, 0.1) is 13.0 Å². The fourth-order valence-electron chi connectivity index (χ4n) is 1.29. The Kier molecular flexibility index (Phi) is 5.42. The molecule has 4 nitrogen and oxygen atoms in total. The van der Waals surface area contributed by atoms with Crippen molar-refractivity contribution in [2.75, 3.05) is 13.7 Å². The second-order valence-corrected chi connectivity index (χ2v) is 3.79. The fourth-order valence-corrected chi connectivity index (χ4v) is 1.40. The molecule has 0 atom stereocenters. The van der Waals surface area contributed by atoms with Gasteiger partial charge in [0.1, 0.15) is 5.75 Å². The van der Waals surface area contributed by atoms with Gasteiger partial charge in [0.25, 0.3) is 0 Å². The first-order valence-corrected chi connectivity index (χ1v) is 5.79. The molecule has 1 rings (SSSR count). The van der Waals surface area contributed by atoms with E-state index >= 15 is 0 Å². The topological polar surface area (TPSA) is 50.4 Å². The molecule has 1 aromatic rings. The maximum absolute atomic E-state index is 11.5. The average molecular weight is 252 g/mol. The van der Waals surface area contributed by atoms with Gasteiger partial charge in [0, 0.05) is 7.05 Å². The molecular weight excluding hydrogens is 236 g/mol. The SMILES string of the molecule is CCOc1ccc(CC(=O)NC(=S)NC)cc1. The zero-order valence-electron chi connectivity index (χ0n) is 9.95. The standard InChI is InChI=1S/C12H16N2O2S/c1-3-16-10-6-4-9(5-7-10)8-11(15)14-12(17)13-2/h4-7H,3,8H2,1-2H3,(H2,13,14,15,17). The summed E-state index contributed by atoms with van der Waals surface area (Å²) in [7, 11) is 1.67. The van der Waals surface area contributed by atoms with E-state index in [9.17, 15) is 4.79 Å². The van der Waals surface area contributed by atoms with Gasteiger partial charge in [-0.3, -0.25) is 4.79 Å². The van der Waals surface area contributed by atoms with Crippen LogP contribution >= 0.6 is 12.2 Å². The number of hydrogen-bond donors (Lipinski definition) is 2. The summed E-state index contributed by atoms with van der Waals surface area (Å²) in [6, 6.07) is 7.44. The molecule has 0 saturated carbocycles. The number of carbonyl (C=O) groups excluding carboxylic acids is 1. The predicted molar refractivity (Wildman–Crippen MR) is 71.1 cm³/mol. The van der Waals surface area contributed by atoms with E-state index in [1.807, 2.05) is 31.2 Å². The van der Waals surface area contributed by atoms with Gasteiger partial charge in [-0.05, 0) is 36.8 Å². The molecule has 92 valence electrons. The van der Waals surface area contributed by atoms with Crippen LogP contribution < -0.4 is 15.4 Å². The van der Waals surface area contributed by atoms with Crippen molar-refractivity contribution in [1.29, 1.82) is 0 Å². The van der Waals surface area contributed by atoms with Crippen LogP contribution in [0.5, 0.6) is 5.75 Å². The summed E-state index contributed by atoms with van der Waals surface area (Å²) in [5, 5.41) is 5.59. The third kappa shape index (κ3) is 4.82. The monoisotopic (exact) mass is 252 g/mol. The summed E-state index contributed by atoms with van der Waals surface area (Å²) < 4.78 is 5.32. The molecular formula is C12H16N2O2S. The molecule has 0 saturated heterocycles. The lowest BCUT2D eigenvalue weighted by atomic mass is 10.1. The number of amides is 1. The molecule has 0 aliphatic carbocycles. The van der Waals surface area contributed by atoms with Crippen molar-refractivity contribution in [2.24, 2.45) is 0 Å². The van der Waals surface area contributed by atoms with Crippen molar-refractivity contribution in [3.05, 3.63) is 29.8 Å². The van der Waals surface area contributed by atoms with Crippen molar-refractivity contribution in [3.8, 4) is 5.75 Å². The lowest BCUT2D eigenvalue weighted by Crippen LogP contribution is -2.37. The summed E-state index contributed by atoms with van der Waals surface area (Å²) >= 11 is 4.84. The van der Waals surface area contributed by atoms with Crippen LogP contribution in [0.1, 0.15) is 12.5 Å². The summed E-state index contributed by atoms with van der Waals surface area (Å²) in [5.41, 5.74) is 0.921. The van der Waals surface area contributed by atoms with Crippen LogP contribution in [0.3, 0.4) is 0 Å². The Labute approximate surface area is 106 Å². The van der Waals surface area contributed by atoms with Gasteiger partial charge in [-0.1, -0.05) is 12.1 Å². The highest BCUT2D eigenvalue weighted by Gasteiger charge is 2.04. The van der Waals surface area contributed by atoms with Crippen LogP contribution in [0.4, 0.5) is 0 Å². The van der Waals surface area contributed by atoms with E-state index in [0.29, 0.717) is 18.1 Å². The molecule has 0 aromatic heterocycles. The van der Waals surface area contributed by atoms with Gasteiger partial charge in [-0.25, -0.2) is 0 Å². The van der Waals surface area contributed by atoms with E-state index < -0.39 is 0 Å². The molecule has 0 radical (unpaired) electrons. The Balaban J connectivity index is 2.51. The molecule has 0 spiro atoms. The number of ether oxygens (including phenoxy) is 1. The Morgan fingerprint density at radius 3 is 2.53 bits per heavy atom. The summed E-state index contributed by atoms with van der Waals surface area (Å²) in [6.07, 6.45) is 0.300. The highest BCUT2D eigenvalue weighted by Crippen LogP contribution is 2.12. The molecule has 1 amide bonds. The second-order valence-electron chi connectivity index (χ2n) is 3.38. The Morgan fingerprint density at radius 2 is 2.00 bits per heavy atom. The summed E-state index contributed by atoms with van der Waals surface area (Å²) in [4.78, 5) is 11.5. The van der Waals surface area contributed by atoms with Crippen LogP contribution in [-0.2, 0) is 11.2 Å². The summed E-state index contributed by atoms with van der Waals surface area (Å²) in [5.74, 6) is 0.677. The van der Waals surface area contributed by atoms with E-state index in [-0.39, 0.29) is 5.91 Å². The Morgan fingerprint density at radius 1 is 1.35 bits per heavy atom. The molecule has 2 N–H and O–H groups in total. The molecule has 0 unspecified atom stereocenters. The molecule has 0 bridgehead atoms. The lowest BCUT2D eigenvalue weighted by molar-refractivity contribution is -0.119. The number of rotatable bonds is 4. The number of hydrogen-bond acceptors (Lipinski definition) is 3. The number of carbonyl (C=O) groups is 1. The quantitative estimate of drug-likeness (QED) is 0.792. The smallest absolute Gasteiger partial charge is 0.230 e. The molecule has 1 aromatic carbocycles. The zero-order chi connectivity index (χ0) is 12.7. The van der Waals surface area contributed by atoms with Crippen molar-refractivity contribution < 1.29 is 9.53 Å². The Bertz CT molecular complexity index is 390. The van der Waals surface area contributed by atoms with Gasteiger partial charge in [0.2, 0.25) is 5.91 Å². The van der Waals surface area contributed by atoms with Gasteiger partial charge in [-0.2, -0.15) is 0 Å². The van der Waals surface area contributed by atoms with Crippen molar-refractivity contribution >= 4 is 23.2 Å². The van der Waals surface area contributed by atoms with Crippen LogP contribution in [-0.4, -0.2) is 24.7 Å². The van der Waals surface area contributed by atoms with Crippen molar-refractivity contribution in [1.82, 2.24) is 10.6 Å². The van der Waals surface area contributed by atoms with Gasteiger partial charge in [-0.15, -0.1) is 0 Å². The molecule has 17 heavy (non-hydrogen) atoms. The number of nitrogens with one attached hydrogen (secondary N) is 2. The van der Waals surface area contributed by atoms with Crippen molar-refractivity contribution in [3.63, 3.8) is 0 Å². The fraction of sp³-hybridized carbons (Fsp3) is 0.333. The predicted octanol–water partition coefficient (Wildman–Crippen LogP) is 1.25. The minimum atomic E-state index is -0.131. The Hall–Kier alpha value is -1.62. The minimum absolute atomic E-state index is 0.131. The maximum Gasteiger partial charge on any atom is 0.230 e. The summed E-state index contributed by atoms with van der Waals surface area (Å²) in [6.45, 7) is 2.57. The number of thiocarbonyl (C=S) groups is 1. The van der Waals surface area contributed by atoms with Crippen molar-refractivity contribution in [2.45, 2.75) is 13.3 Å². The van der Waals surface area contributed by atoms with E-state index in [0.717, 1.165) is 11.3 Å². The minimum Gasteiger partial charge on any atom is -0.494 e. The maximum atomic E-state index is 11.5. The molecule has 0 heterocycles. The van der Waals surface area contributed by atoms with Gasteiger partial charge < -0.3 is 15.4 Å². The molecule has 0 aliphatic rings. The third-order valence-corrected chi connectivity index (χ3v) is 2.39. The average Bonchev–Trinajstić information content (AvgIpc) is 2.31. The first-order valence-electron chi connectivity index (χ1n) is 5.39. The van der Waals surface area contributed by atoms with Gasteiger partial charge >= 0.3 is 0 Å². The molecule has 5 heteroatoms.